The molecule has 4 nitrogen and oxygen atoms in total. The quantitative estimate of drug-likeness (QED) is 0.854. The molecule has 0 aliphatic carbocycles. The molecule has 0 aliphatic rings. The summed E-state index contributed by atoms with van der Waals surface area (Å²) in [6.07, 6.45) is 1.61. The van der Waals surface area contributed by atoms with E-state index in [-0.39, 0.29) is 5.56 Å². The lowest BCUT2D eigenvalue weighted by molar-refractivity contribution is 0.112. The van der Waals surface area contributed by atoms with Crippen LogP contribution in [0.3, 0.4) is 0 Å². The number of rotatable bonds is 5. The summed E-state index contributed by atoms with van der Waals surface area (Å²) in [5.41, 5.74) is 7.03. The standard InChI is InChI=1S/C14H15ClN2O2/c15-13-4-2-1-3-11(13)10-19-8-7-17-9-12(16)5-6-14(17)18/h1-6,9H,7-8,10,16H2. The van der Waals surface area contributed by atoms with Gasteiger partial charge in [-0.2, -0.15) is 0 Å². The van der Waals surface area contributed by atoms with Crippen molar-refractivity contribution in [2.24, 2.45) is 0 Å². The van der Waals surface area contributed by atoms with Gasteiger partial charge in [-0.05, 0) is 17.7 Å². The predicted octanol–water partition coefficient (Wildman–Crippen LogP) is 2.30. The highest BCUT2D eigenvalue weighted by Gasteiger charge is 2.00. The molecule has 19 heavy (non-hydrogen) atoms. The highest BCUT2D eigenvalue weighted by atomic mass is 35.5. The summed E-state index contributed by atoms with van der Waals surface area (Å²) >= 11 is 6.01. The largest absolute Gasteiger partial charge is 0.398 e. The van der Waals surface area contributed by atoms with Crippen molar-refractivity contribution in [1.82, 2.24) is 4.57 Å². The number of nitrogens with zero attached hydrogens (tertiary/aromatic N) is 1. The van der Waals surface area contributed by atoms with Gasteiger partial charge in [0.25, 0.3) is 5.56 Å². The van der Waals surface area contributed by atoms with Gasteiger partial charge in [0.1, 0.15) is 0 Å². The summed E-state index contributed by atoms with van der Waals surface area (Å²) in [7, 11) is 0. The lowest BCUT2D eigenvalue weighted by Gasteiger charge is -2.08. The Morgan fingerprint density at radius 1 is 1.21 bits per heavy atom. The molecule has 100 valence electrons. The van der Waals surface area contributed by atoms with Crippen molar-refractivity contribution < 1.29 is 4.74 Å². The van der Waals surface area contributed by atoms with Crippen LogP contribution in [0.25, 0.3) is 0 Å². The van der Waals surface area contributed by atoms with Crippen LogP contribution in [0.2, 0.25) is 5.02 Å². The molecule has 0 bridgehead atoms. The number of halogens is 1. The molecule has 5 heteroatoms. The molecule has 2 aromatic rings. The number of benzene rings is 1. The van der Waals surface area contributed by atoms with Gasteiger partial charge in [0.05, 0.1) is 13.2 Å². The molecule has 0 unspecified atom stereocenters. The van der Waals surface area contributed by atoms with E-state index in [1.165, 1.54) is 10.6 Å². The minimum absolute atomic E-state index is 0.0875. The van der Waals surface area contributed by atoms with Gasteiger partial charge >= 0.3 is 0 Å². The van der Waals surface area contributed by atoms with Gasteiger partial charge in [-0.3, -0.25) is 4.79 Å². The number of hydrogen-bond acceptors (Lipinski definition) is 3. The Hall–Kier alpha value is -1.78. The van der Waals surface area contributed by atoms with Crippen LogP contribution in [0, 0.1) is 0 Å². The molecule has 0 saturated heterocycles. The van der Waals surface area contributed by atoms with Crippen molar-refractivity contribution in [3.05, 3.63) is 63.5 Å². The molecule has 0 amide bonds. The maximum absolute atomic E-state index is 11.5. The van der Waals surface area contributed by atoms with Crippen molar-refractivity contribution in [1.29, 1.82) is 0 Å². The highest BCUT2D eigenvalue weighted by molar-refractivity contribution is 6.31. The Morgan fingerprint density at radius 3 is 2.79 bits per heavy atom. The number of pyridine rings is 1. The van der Waals surface area contributed by atoms with Crippen molar-refractivity contribution in [2.45, 2.75) is 13.2 Å². The van der Waals surface area contributed by atoms with E-state index in [9.17, 15) is 4.79 Å². The zero-order chi connectivity index (χ0) is 13.7. The molecule has 0 atom stereocenters. The van der Waals surface area contributed by atoms with E-state index in [1.54, 1.807) is 12.3 Å². The van der Waals surface area contributed by atoms with E-state index in [4.69, 9.17) is 22.1 Å². The van der Waals surface area contributed by atoms with Gasteiger partial charge in [-0.25, -0.2) is 0 Å². The molecular formula is C14H15ClN2O2. The summed E-state index contributed by atoms with van der Waals surface area (Å²) in [6, 6.07) is 10.6. The number of nitrogens with two attached hydrogens (primary N) is 1. The number of hydrogen-bond donors (Lipinski definition) is 1. The van der Waals surface area contributed by atoms with Gasteiger partial charge in [0.15, 0.2) is 0 Å². The maximum Gasteiger partial charge on any atom is 0.250 e. The monoisotopic (exact) mass is 278 g/mol. The SMILES string of the molecule is Nc1ccc(=O)n(CCOCc2ccccc2Cl)c1. The van der Waals surface area contributed by atoms with E-state index in [0.717, 1.165) is 5.56 Å². The van der Waals surface area contributed by atoms with E-state index in [1.807, 2.05) is 24.3 Å². The van der Waals surface area contributed by atoms with Crippen LogP contribution in [-0.4, -0.2) is 11.2 Å². The molecule has 0 aliphatic heterocycles. The summed E-state index contributed by atoms with van der Waals surface area (Å²) in [5.74, 6) is 0. The first-order valence-electron chi connectivity index (χ1n) is 5.94. The second-order valence-electron chi connectivity index (χ2n) is 4.14. The number of anilines is 1. The second-order valence-corrected chi connectivity index (χ2v) is 4.55. The van der Waals surface area contributed by atoms with Gasteiger partial charge in [0, 0.05) is 29.5 Å². The molecule has 0 radical (unpaired) electrons. The van der Waals surface area contributed by atoms with Gasteiger partial charge in [-0.1, -0.05) is 29.8 Å². The summed E-state index contributed by atoms with van der Waals surface area (Å²) in [5, 5.41) is 0.684. The first kappa shape index (κ1) is 13.6. The fourth-order valence-corrected chi connectivity index (χ4v) is 1.88. The minimum Gasteiger partial charge on any atom is -0.398 e. The molecule has 0 spiro atoms. The fourth-order valence-electron chi connectivity index (χ4n) is 1.69. The summed E-state index contributed by atoms with van der Waals surface area (Å²) in [4.78, 5) is 11.5. The number of ether oxygens (including phenoxy) is 1. The molecule has 0 fully saturated rings. The molecule has 1 aromatic carbocycles. The Bertz CT molecular complexity index is 610. The first-order valence-corrected chi connectivity index (χ1v) is 6.32. The minimum atomic E-state index is -0.0875. The van der Waals surface area contributed by atoms with Crippen LogP contribution in [0.5, 0.6) is 0 Å². The van der Waals surface area contributed by atoms with Crippen LogP contribution in [-0.2, 0) is 17.9 Å². The van der Waals surface area contributed by atoms with Crippen LogP contribution in [0.4, 0.5) is 5.69 Å². The van der Waals surface area contributed by atoms with Crippen molar-refractivity contribution in [3.8, 4) is 0 Å². The molecule has 1 aromatic heterocycles. The average Bonchev–Trinajstić information content (AvgIpc) is 2.40. The number of nitrogen functional groups attached to an aromatic ring is 1. The zero-order valence-corrected chi connectivity index (χ0v) is 11.1. The van der Waals surface area contributed by atoms with Crippen LogP contribution in [0.1, 0.15) is 5.56 Å². The van der Waals surface area contributed by atoms with Crippen LogP contribution in [0.15, 0.2) is 47.4 Å². The van der Waals surface area contributed by atoms with Gasteiger partial charge in [0.2, 0.25) is 0 Å². The van der Waals surface area contributed by atoms with Crippen molar-refractivity contribution in [2.75, 3.05) is 12.3 Å². The number of aromatic nitrogens is 1. The Morgan fingerprint density at radius 2 is 2.00 bits per heavy atom. The Balaban J connectivity index is 1.86. The first-order chi connectivity index (χ1) is 9.16. The predicted molar refractivity (Wildman–Crippen MR) is 76.2 cm³/mol. The Kier molecular flexibility index (Phi) is 4.60. The Labute approximate surface area is 116 Å². The van der Waals surface area contributed by atoms with Gasteiger partial charge in [-0.15, -0.1) is 0 Å². The average molecular weight is 279 g/mol. The lowest BCUT2D eigenvalue weighted by Crippen LogP contribution is -2.21. The van der Waals surface area contributed by atoms with E-state index in [0.29, 0.717) is 30.5 Å². The van der Waals surface area contributed by atoms with Crippen LogP contribution >= 0.6 is 11.6 Å². The topological polar surface area (TPSA) is 57.2 Å². The van der Waals surface area contributed by atoms with Gasteiger partial charge < -0.3 is 15.0 Å². The zero-order valence-electron chi connectivity index (χ0n) is 10.4. The van der Waals surface area contributed by atoms with E-state index in [2.05, 4.69) is 0 Å². The smallest absolute Gasteiger partial charge is 0.250 e. The third-order valence-corrected chi connectivity index (χ3v) is 3.07. The normalized spacial score (nSPS) is 10.6. The third kappa shape index (κ3) is 3.84. The molecule has 2 rings (SSSR count). The molecule has 2 N–H and O–H groups in total. The molecule has 0 saturated carbocycles. The van der Waals surface area contributed by atoms with E-state index < -0.39 is 0 Å². The summed E-state index contributed by atoms with van der Waals surface area (Å²) in [6.45, 7) is 1.32. The third-order valence-electron chi connectivity index (χ3n) is 2.70. The second kappa shape index (κ2) is 6.41. The van der Waals surface area contributed by atoms with Crippen molar-refractivity contribution in [3.63, 3.8) is 0 Å². The van der Waals surface area contributed by atoms with E-state index >= 15 is 0 Å². The van der Waals surface area contributed by atoms with Crippen LogP contribution < -0.4 is 11.3 Å². The maximum atomic E-state index is 11.5. The molecular weight excluding hydrogens is 264 g/mol. The molecule has 1 heterocycles. The summed E-state index contributed by atoms with van der Waals surface area (Å²) < 4.78 is 7.04. The highest BCUT2D eigenvalue weighted by Crippen LogP contribution is 2.15. The lowest BCUT2D eigenvalue weighted by atomic mass is 10.2. The van der Waals surface area contributed by atoms with Crippen molar-refractivity contribution >= 4 is 17.3 Å². The fraction of sp³-hybridized carbons (Fsp3) is 0.214.